The zero-order valence-electron chi connectivity index (χ0n) is 9.54. The van der Waals surface area contributed by atoms with Crippen LogP contribution in [0.1, 0.15) is 13.3 Å². The Balaban J connectivity index is 2.98. The molecule has 0 aliphatic rings. The first-order valence-corrected chi connectivity index (χ1v) is 5.11. The molecule has 0 amide bonds. The minimum absolute atomic E-state index is 0.181. The highest BCUT2D eigenvalue weighted by Crippen LogP contribution is 1.89. The highest BCUT2D eigenvalue weighted by molar-refractivity contribution is 4.50. The predicted molar refractivity (Wildman–Crippen MR) is 56.7 cm³/mol. The van der Waals surface area contributed by atoms with Gasteiger partial charge in [-0.2, -0.15) is 0 Å². The molecule has 0 fully saturated rings. The van der Waals surface area contributed by atoms with Gasteiger partial charge in [-0.05, 0) is 19.9 Å². The van der Waals surface area contributed by atoms with Gasteiger partial charge in [0.1, 0.15) is 0 Å². The van der Waals surface area contributed by atoms with Crippen molar-refractivity contribution in [2.45, 2.75) is 19.4 Å². The summed E-state index contributed by atoms with van der Waals surface area (Å²) >= 11 is 0. The lowest BCUT2D eigenvalue weighted by atomic mass is 10.4. The number of ether oxygens (including phenoxy) is 3. The number of rotatable bonds is 10. The van der Waals surface area contributed by atoms with Gasteiger partial charge in [-0.3, -0.25) is 0 Å². The van der Waals surface area contributed by atoms with Crippen molar-refractivity contribution in [1.29, 1.82) is 0 Å². The van der Waals surface area contributed by atoms with Gasteiger partial charge in [-0.15, -0.1) is 0 Å². The van der Waals surface area contributed by atoms with Crippen LogP contribution in [0.5, 0.6) is 0 Å². The Bertz CT molecular complexity index is 112. The zero-order valence-corrected chi connectivity index (χ0v) is 9.54. The van der Waals surface area contributed by atoms with E-state index in [1.165, 1.54) is 0 Å². The molecule has 0 aliphatic carbocycles. The molecule has 0 aromatic rings. The molecule has 0 bridgehead atoms. The third-order valence-electron chi connectivity index (χ3n) is 1.78. The molecule has 1 unspecified atom stereocenters. The van der Waals surface area contributed by atoms with Crippen molar-refractivity contribution in [1.82, 2.24) is 5.32 Å². The molecule has 0 aliphatic heterocycles. The molecule has 0 aromatic heterocycles. The van der Waals surface area contributed by atoms with E-state index in [4.69, 9.17) is 14.2 Å². The molecular formula is C10H23NO3. The molecule has 4 nitrogen and oxygen atoms in total. The van der Waals surface area contributed by atoms with Crippen molar-refractivity contribution in [3.8, 4) is 0 Å². The Kier molecular flexibility index (Phi) is 10.8. The van der Waals surface area contributed by atoms with Crippen LogP contribution in [-0.4, -0.2) is 53.2 Å². The molecule has 0 saturated heterocycles. The fourth-order valence-corrected chi connectivity index (χ4v) is 1.08. The predicted octanol–water partition coefficient (Wildman–Crippen LogP) is 0.664. The van der Waals surface area contributed by atoms with Crippen molar-refractivity contribution in [2.75, 3.05) is 47.1 Å². The number of hydrogen-bond acceptors (Lipinski definition) is 4. The summed E-state index contributed by atoms with van der Waals surface area (Å²) in [5.74, 6) is 0. The lowest BCUT2D eigenvalue weighted by molar-refractivity contribution is 0.0107. The second-order valence-corrected chi connectivity index (χ2v) is 3.23. The van der Waals surface area contributed by atoms with Crippen LogP contribution in [0.3, 0.4) is 0 Å². The second kappa shape index (κ2) is 10.9. The number of nitrogens with one attached hydrogen (secondary N) is 1. The normalized spacial score (nSPS) is 13.1. The van der Waals surface area contributed by atoms with Crippen LogP contribution in [0, 0.1) is 0 Å². The van der Waals surface area contributed by atoms with Gasteiger partial charge in [0.25, 0.3) is 0 Å². The van der Waals surface area contributed by atoms with Crippen molar-refractivity contribution in [2.24, 2.45) is 0 Å². The first-order chi connectivity index (χ1) is 6.81. The monoisotopic (exact) mass is 205 g/mol. The Morgan fingerprint density at radius 2 is 1.86 bits per heavy atom. The molecule has 0 heterocycles. The van der Waals surface area contributed by atoms with Crippen LogP contribution in [0.4, 0.5) is 0 Å². The fourth-order valence-electron chi connectivity index (χ4n) is 1.08. The third-order valence-corrected chi connectivity index (χ3v) is 1.78. The van der Waals surface area contributed by atoms with Crippen LogP contribution in [0.2, 0.25) is 0 Å². The summed E-state index contributed by atoms with van der Waals surface area (Å²) in [6.07, 6.45) is 1.23. The van der Waals surface area contributed by atoms with Gasteiger partial charge in [0.15, 0.2) is 0 Å². The molecule has 0 aromatic carbocycles. The van der Waals surface area contributed by atoms with Crippen LogP contribution in [0.25, 0.3) is 0 Å². The maximum Gasteiger partial charge on any atom is 0.0780 e. The molecule has 0 spiro atoms. The van der Waals surface area contributed by atoms with Gasteiger partial charge >= 0.3 is 0 Å². The molecule has 0 radical (unpaired) electrons. The van der Waals surface area contributed by atoms with Crippen LogP contribution < -0.4 is 5.32 Å². The van der Waals surface area contributed by atoms with E-state index in [0.717, 1.165) is 32.7 Å². The average molecular weight is 205 g/mol. The largest absolute Gasteiger partial charge is 0.385 e. The van der Waals surface area contributed by atoms with E-state index in [2.05, 4.69) is 5.32 Å². The molecule has 1 atom stereocenters. The summed E-state index contributed by atoms with van der Waals surface area (Å²) in [4.78, 5) is 0. The van der Waals surface area contributed by atoms with E-state index in [-0.39, 0.29) is 6.10 Å². The maximum atomic E-state index is 5.47. The van der Waals surface area contributed by atoms with Gasteiger partial charge in [0.05, 0.1) is 19.3 Å². The SMILES string of the molecule is COCCCNCCOC(C)COC. The topological polar surface area (TPSA) is 39.7 Å². The minimum Gasteiger partial charge on any atom is -0.385 e. The first-order valence-electron chi connectivity index (χ1n) is 5.11. The van der Waals surface area contributed by atoms with Crippen LogP contribution >= 0.6 is 0 Å². The minimum atomic E-state index is 0.181. The van der Waals surface area contributed by atoms with Crippen molar-refractivity contribution in [3.63, 3.8) is 0 Å². The summed E-state index contributed by atoms with van der Waals surface area (Å²) in [6.45, 7) is 6.08. The van der Waals surface area contributed by atoms with Gasteiger partial charge in [-0.25, -0.2) is 0 Å². The number of hydrogen-bond donors (Lipinski definition) is 1. The fraction of sp³-hybridized carbons (Fsp3) is 1.00. The second-order valence-electron chi connectivity index (χ2n) is 3.23. The van der Waals surface area contributed by atoms with Gasteiger partial charge in [0, 0.05) is 27.4 Å². The van der Waals surface area contributed by atoms with E-state index in [1.54, 1.807) is 14.2 Å². The average Bonchev–Trinajstić information content (AvgIpc) is 2.17. The van der Waals surface area contributed by atoms with E-state index >= 15 is 0 Å². The summed E-state index contributed by atoms with van der Waals surface area (Å²) in [6, 6.07) is 0. The van der Waals surface area contributed by atoms with Gasteiger partial charge < -0.3 is 19.5 Å². The molecule has 1 N–H and O–H groups in total. The van der Waals surface area contributed by atoms with Crippen molar-refractivity contribution < 1.29 is 14.2 Å². The highest BCUT2D eigenvalue weighted by atomic mass is 16.5. The molecule has 0 saturated carbocycles. The Morgan fingerprint density at radius 1 is 1.07 bits per heavy atom. The molecule has 14 heavy (non-hydrogen) atoms. The lowest BCUT2D eigenvalue weighted by Crippen LogP contribution is -2.25. The summed E-state index contributed by atoms with van der Waals surface area (Å²) in [5, 5.41) is 3.27. The molecular weight excluding hydrogens is 182 g/mol. The van der Waals surface area contributed by atoms with E-state index in [1.807, 2.05) is 6.92 Å². The smallest absolute Gasteiger partial charge is 0.0780 e. The zero-order chi connectivity index (χ0) is 10.6. The quantitative estimate of drug-likeness (QED) is 0.532. The standard InChI is InChI=1S/C10H23NO3/c1-10(9-13-3)14-8-6-11-5-4-7-12-2/h10-11H,4-9H2,1-3H3. The van der Waals surface area contributed by atoms with Crippen LogP contribution in [-0.2, 0) is 14.2 Å². The molecule has 86 valence electrons. The van der Waals surface area contributed by atoms with Gasteiger partial charge in [0.2, 0.25) is 0 Å². The Hall–Kier alpha value is -0.160. The first kappa shape index (κ1) is 13.8. The van der Waals surface area contributed by atoms with E-state index in [9.17, 15) is 0 Å². The number of methoxy groups -OCH3 is 2. The van der Waals surface area contributed by atoms with Crippen LogP contribution in [0.15, 0.2) is 0 Å². The van der Waals surface area contributed by atoms with E-state index < -0.39 is 0 Å². The third kappa shape index (κ3) is 9.92. The molecule has 4 heteroatoms. The lowest BCUT2D eigenvalue weighted by Gasteiger charge is -2.12. The Morgan fingerprint density at radius 3 is 2.50 bits per heavy atom. The summed E-state index contributed by atoms with van der Waals surface area (Å²) < 4.78 is 15.4. The van der Waals surface area contributed by atoms with Crippen molar-refractivity contribution in [3.05, 3.63) is 0 Å². The highest BCUT2D eigenvalue weighted by Gasteiger charge is 1.99. The summed E-state index contributed by atoms with van der Waals surface area (Å²) in [5.41, 5.74) is 0. The summed E-state index contributed by atoms with van der Waals surface area (Å²) in [7, 11) is 3.40. The van der Waals surface area contributed by atoms with Crippen molar-refractivity contribution >= 4 is 0 Å². The maximum absolute atomic E-state index is 5.47. The van der Waals surface area contributed by atoms with Gasteiger partial charge in [-0.1, -0.05) is 0 Å². The molecule has 0 rings (SSSR count). The van der Waals surface area contributed by atoms with E-state index in [0.29, 0.717) is 6.61 Å². The Labute approximate surface area is 86.9 Å².